The number of esters is 4. The van der Waals surface area contributed by atoms with Crippen LogP contribution < -0.4 is 0 Å². The fourth-order valence-corrected chi connectivity index (χ4v) is 6.31. The number of hydrogen-bond donors (Lipinski definition) is 1. The van der Waals surface area contributed by atoms with Crippen LogP contribution in [0, 0.1) is 17.3 Å². The third kappa shape index (κ3) is 5.31. The van der Waals surface area contributed by atoms with Gasteiger partial charge < -0.3 is 28.8 Å². The van der Waals surface area contributed by atoms with Crippen LogP contribution in [0.3, 0.4) is 0 Å². The molecule has 1 aliphatic heterocycles. The molecule has 37 heavy (non-hydrogen) atoms. The first-order valence-electron chi connectivity index (χ1n) is 12.6. The maximum Gasteiger partial charge on any atom is 0.312 e. The van der Waals surface area contributed by atoms with Crippen molar-refractivity contribution in [3.8, 4) is 0 Å². The molecule has 0 amide bonds. The highest BCUT2D eigenvalue weighted by atomic mass is 16.6. The van der Waals surface area contributed by atoms with E-state index in [1.54, 1.807) is 13.0 Å². The lowest BCUT2D eigenvalue weighted by atomic mass is 9.55. The quantitative estimate of drug-likeness (QED) is 0.326. The number of fused-ring (bicyclic) bond motifs is 2. The van der Waals surface area contributed by atoms with Crippen molar-refractivity contribution in [3.05, 3.63) is 23.8 Å². The molecular weight excluding hydrogens is 484 g/mol. The van der Waals surface area contributed by atoms with E-state index in [-0.39, 0.29) is 6.61 Å². The molecule has 8 unspecified atom stereocenters. The lowest BCUT2D eigenvalue weighted by Gasteiger charge is -2.55. The Kier molecular flexibility index (Phi) is 8.54. The summed E-state index contributed by atoms with van der Waals surface area (Å²) in [7, 11) is 1.51. The first-order valence-corrected chi connectivity index (χ1v) is 12.6. The smallest absolute Gasteiger partial charge is 0.312 e. The van der Waals surface area contributed by atoms with E-state index < -0.39 is 71.1 Å². The Morgan fingerprint density at radius 2 is 1.59 bits per heavy atom. The van der Waals surface area contributed by atoms with Gasteiger partial charge in [0.2, 0.25) is 0 Å². The van der Waals surface area contributed by atoms with Crippen LogP contribution in [0.15, 0.2) is 23.8 Å². The van der Waals surface area contributed by atoms with E-state index in [1.165, 1.54) is 34.8 Å². The zero-order valence-corrected chi connectivity index (χ0v) is 22.4. The largest absolute Gasteiger partial charge is 0.462 e. The standard InChI is InChI=1S/C27H38O10/c1-14-8-10-20(34-16(3)28)26(6)21(35-17(4)29)11-9-19(13-33-7)12-22-27(32,15(2)25(31)37-22)24(23(14)26)36-18(5)30/h12,15,20-24,32H,1,8-11,13H2,2-7H3. The Morgan fingerprint density at radius 1 is 1.05 bits per heavy atom. The van der Waals surface area contributed by atoms with Crippen LogP contribution in [0.25, 0.3) is 0 Å². The van der Waals surface area contributed by atoms with Gasteiger partial charge in [0.05, 0.1) is 17.9 Å². The number of carbonyl (C=O) groups is 4. The molecule has 0 bridgehead atoms. The number of rotatable bonds is 5. The molecule has 206 valence electrons. The molecule has 0 aromatic carbocycles. The van der Waals surface area contributed by atoms with Crippen molar-refractivity contribution in [2.24, 2.45) is 17.3 Å². The fraction of sp³-hybridized carbons (Fsp3) is 0.704. The van der Waals surface area contributed by atoms with Gasteiger partial charge in [0.1, 0.15) is 18.3 Å². The summed E-state index contributed by atoms with van der Waals surface area (Å²) in [6.07, 6.45) is -0.927. The maximum atomic E-state index is 12.8. The Morgan fingerprint density at radius 3 is 2.11 bits per heavy atom. The summed E-state index contributed by atoms with van der Waals surface area (Å²) in [5, 5.41) is 12.3. The van der Waals surface area contributed by atoms with E-state index >= 15 is 0 Å². The Balaban J connectivity index is 2.35. The molecule has 0 aromatic rings. The summed E-state index contributed by atoms with van der Waals surface area (Å²) in [5.41, 5.74) is -1.84. The third-order valence-electron chi connectivity index (χ3n) is 8.08. The van der Waals surface area contributed by atoms with E-state index in [1.807, 2.05) is 0 Å². The minimum atomic E-state index is -1.99. The monoisotopic (exact) mass is 522 g/mol. The molecule has 2 fully saturated rings. The first kappa shape index (κ1) is 28.8. The van der Waals surface area contributed by atoms with Crippen LogP contribution in [0.4, 0.5) is 0 Å². The van der Waals surface area contributed by atoms with Gasteiger partial charge in [0, 0.05) is 33.8 Å². The Bertz CT molecular complexity index is 986. The molecule has 0 radical (unpaired) electrons. The molecule has 3 rings (SSSR count). The molecule has 2 aliphatic carbocycles. The molecule has 0 aromatic heterocycles. The minimum Gasteiger partial charge on any atom is -0.462 e. The summed E-state index contributed by atoms with van der Waals surface area (Å²) in [4.78, 5) is 49.8. The van der Waals surface area contributed by atoms with E-state index in [0.29, 0.717) is 36.8 Å². The summed E-state index contributed by atoms with van der Waals surface area (Å²) < 4.78 is 28.5. The molecule has 10 heteroatoms. The Hall–Kier alpha value is -2.72. The van der Waals surface area contributed by atoms with Gasteiger partial charge in [-0.15, -0.1) is 0 Å². The summed E-state index contributed by atoms with van der Waals surface area (Å²) >= 11 is 0. The van der Waals surface area contributed by atoms with Gasteiger partial charge >= 0.3 is 23.9 Å². The highest BCUT2D eigenvalue weighted by Gasteiger charge is 2.67. The van der Waals surface area contributed by atoms with Gasteiger partial charge in [-0.2, -0.15) is 0 Å². The minimum absolute atomic E-state index is 0.170. The Labute approximate surface area is 217 Å². The van der Waals surface area contributed by atoms with E-state index in [9.17, 15) is 24.3 Å². The average Bonchev–Trinajstić information content (AvgIpc) is 3.00. The molecule has 1 saturated carbocycles. The second-order valence-corrected chi connectivity index (χ2v) is 10.5. The SMILES string of the molecule is C=C1CCC(OC(C)=O)C2(C)C(OC(C)=O)CCC(COC)=CC3OC(=O)C(C)C3(O)C(OC(C)=O)C12. The van der Waals surface area contributed by atoms with Crippen molar-refractivity contribution in [3.63, 3.8) is 0 Å². The summed E-state index contributed by atoms with van der Waals surface area (Å²) in [5.74, 6) is -4.31. The van der Waals surface area contributed by atoms with Gasteiger partial charge in [-0.05, 0) is 44.3 Å². The zero-order chi connectivity index (χ0) is 27.7. The molecule has 1 heterocycles. The molecule has 1 saturated heterocycles. The average molecular weight is 523 g/mol. The fourth-order valence-electron chi connectivity index (χ4n) is 6.31. The van der Waals surface area contributed by atoms with Crippen molar-refractivity contribution >= 4 is 23.9 Å². The molecule has 3 aliphatic rings. The van der Waals surface area contributed by atoms with Gasteiger partial charge in [-0.1, -0.05) is 19.1 Å². The van der Waals surface area contributed by atoms with Gasteiger partial charge in [-0.25, -0.2) is 0 Å². The van der Waals surface area contributed by atoms with Gasteiger partial charge in [-0.3, -0.25) is 19.2 Å². The topological polar surface area (TPSA) is 135 Å². The van der Waals surface area contributed by atoms with Gasteiger partial charge in [0.15, 0.2) is 11.7 Å². The number of hydrogen-bond acceptors (Lipinski definition) is 10. The number of aliphatic hydroxyl groups is 1. The van der Waals surface area contributed by atoms with Crippen LogP contribution in [-0.4, -0.2) is 72.7 Å². The predicted octanol–water partition coefficient (Wildman–Crippen LogP) is 2.41. The van der Waals surface area contributed by atoms with E-state index in [0.717, 1.165) is 0 Å². The highest BCUT2D eigenvalue weighted by Crippen LogP contribution is 2.56. The number of carbonyl (C=O) groups excluding carboxylic acids is 4. The first-order chi connectivity index (χ1) is 17.3. The van der Waals surface area contributed by atoms with Gasteiger partial charge in [0.25, 0.3) is 0 Å². The van der Waals surface area contributed by atoms with Crippen LogP contribution in [0.5, 0.6) is 0 Å². The molecule has 0 spiro atoms. The summed E-state index contributed by atoms with van der Waals surface area (Å²) in [6, 6.07) is 0. The number of methoxy groups -OCH3 is 1. The second kappa shape index (κ2) is 10.9. The number of ether oxygens (including phenoxy) is 5. The lowest BCUT2D eigenvalue weighted by Crippen LogP contribution is -2.65. The van der Waals surface area contributed by atoms with Crippen molar-refractivity contribution in [2.45, 2.75) is 90.3 Å². The van der Waals surface area contributed by atoms with Crippen LogP contribution in [0.1, 0.15) is 60.3 Å². The molecular formula is C27H38O10. The zero-order valence-electron chi connectivity index (χ0n) is 22.4. The normalized spacial score (nSPS) is 37.9. The van der Waals surface area contributed by atoms with Crippen molar-refractivity contribution < 1.29 is 48.0 Å². The summed E-state index contributed by atoms with van der Waals surface area (Å²) in [6.45, 7) is 11.5. The van der Waals surface area contributed by atoms with Crippen molar-refractivity contribution in [1.82, 2.24) is 0 Å². The molecule has 1 N–H and O–H groups in total. The van der Waals surface area contributed by atoms with Crippen LogP contribution >= 0.6 is 0 Å². The van der Waals surface area contributed by atoms with Crippen molar-refractivity contribution in [1.29, 1.82) is 0 Å². The molecule has 8 atom stereocenters. The second-order valence-electron chi connectivity index (χ2n) is 10.5. The van der Waals surface area contributed by atoms with Crippen LogP contribution in [-0.2, 0) is 42.9 Å². The van der Waals surface area contributed by atoms with E-state index in [2.05, 4.69) is 6.58 Å². The van der Waals surface area contributed by atoms with Crippen molar-refractivity contribution in [2.75, 3.05) is 13.7 Å². The highest BCUT2D eigenvalue weighted by molar-refractivity contribution is 5.78. The van der Waals surface area contributed by atoms with E-state index in [4.69, 9.17) is 23.7 Å². The molecule has 10 nitrogen and oxygen atoms in total. The lowest BCUT2D eigenvalue weighted by molar-refractivity contribution is -0.219. The maximum absolute atomic E-state index is 12.8. The van der Waals surface area contributed by atoms with Crippen LogP contribution in [0.2, 0.25) is 0 Å². The predicted molar refractivity (Wildman–Crippen MR) is 130 cm³/mol. The third-order valence-corrected chi connectivity index (χ3v) is 8.08.